The van der Waals surface area contributed by atoms with Crippen LogP contribution in [-0.4, -0.2) is 41.9 Å². The third kappa shape index (κ3) is 9.62. The van der Waals surface area contributed by atoms with Crippen LogP contribution in [0.1, 0.15) is 34.1 Å². The minimum absolute atomic E-state index is 0.122. The van der Waals surface area contributed by atoms with Crippen molar-refractivity contribution in [1.82, 2.24) is 10.6 Å². The van der Waals surface area contributed by atoms with Crippen LogP contribution in [0.3, 0.4) is 0 Å². The van der Waals surface area contributed by atoms with Gasteiger partial charge in [-0.1, -0.05) is 0 Å². The highest BCUT2D eigenvalue weighted by Gasteiger charge is 2.23. The molecule has 0 aromatic rings. The molecule has 0 aromatic carbocycles. The highest BCUT2D eigenvalue weighted by molar-refractivity contribution is 5.76. The van der Waals surface area contributed by atoms with E-state index in [1.165, 1.54) is 0 Å². The zero-order valence-corrected chi connectivity index (χ0v) is 10.9. The third-order valence-corrected chi connectivity index (χ3v) is 1.88. The Morgan fingerprint density at radius 1 is 1.35 bits per heavy atom. The van der Waals surface area contributed by atoms with Gasteiger partial charge >= 0.3 is 12.0 Å². The van der Waals surface area contributed by atoms with Gasteiger partial charge < -0.3 is 20.5 Å². The summed E-state index contributed by atoms with van der Waals surface area (Å²) in [6, 6.07) is -0.386. The van der Waals surface area contributed by atoms with Crippen LogP contribution < -0.4 is 10.6 Å². The van der Waals surface area contributed by atoms with E-state index in [4.69, 9.17) is 9.84 Å². The van der Waals surface area contributed by atoms with E-state index in [9.17, 15) is 9.59 Å². The average Bonchev–Trinajstić information content (AvgIpc) is 2.08. The van der Waals surface area contributed by atoms with Crippen molar-refractivity contribution in [2.24, 2.45) is 0 Å². The molecule has 0 unspecified atom stereocenters. The van der Waals surface area contributed by atoms with Crippen molar-refractivity contribution in [1.29, 1.82) is 0 Å². The van der Waals surface area contributed by atoms with E-state index in [1.54, 1.807) is 13.8 Å². The van der Waals surface area contributed by atoms with Gasteiger partial charge in [0.1, 0.15) is 0 Å². The first-order chi connectivity index (χ1) is 7.73. The van der Waals surface area contributed by atoms with Gasteiger partial charge in [0.2, 0.25) is 0 Å². The van der Waals surface area contributed by atoms with E-state index in [2.05, 4.69) is 10.6 Å². The second-order valence-electron chi connectivity index (χ2n) is 4.75. The van der Waals surface area contributed by atoms with E-state index < -0.39 is 11.5 Å². The minimum atomic E-state index is -0.946. The molecule has 0 fully saturated rings. The van der Waals surface area contributed by atoms with E-state index >= 15 is 0 Å². The smallest absolute Gasteiger partial charge is 0.315 e. The number of carboxylic acids is 1. The Balaban J connectivity index is 3.81. The highest BCUT2D eigenvalue weighted by Crippen LogP contribution is 2.07. The molecular formula is C11H22N2O4. The molecule has 3 N–H and O–H groups in total. The van der Waals surface area contributed by atoms with Crippen molar-refractivity contribution in [2.75, 3.05) is 13.2 Å². The molecule has 6 heteroatoms. The average molecular weight is 246 g/mol. The number of nitrogens with one attached hydrogen (secondary N) is 2. The number of urea groups is 1. The fraction of sp³-hybridized carbons (Fsp3) is 0.818. The molecule has 6 nitrogen and oxygen atoms in total. The van der Waals surface area contributed by atoms with Crippen molar-refractivity contribution in [3.8, 4) is 0 Å². The van der Waals surface area contributed by atoms with Crippen LogP contribution in [0.4, 0.5) is 4.79 Å². The topological polar surface area (TPSA) is 87.7 Å². The van der Waals surface area contributed by atoms with Crippen LogP contribution in [0, 0.1) is 0 Å². The molecule has 0 rings (SSSR count). The molecule has 0 saturated heterocycles. The van der Waals surface area contributed by atoms with Crippen LogP contribution in [0.25, 0.3) is 0 Å². The number of amides is 2. The van der Waals surface area contributed by atoms with Crippen molar-refractivity contribution in [2.45, 2.75) is 45.8 Å². The summed E-state index contributed by atoms with van der Waals surface area (Å²) in [6.45, 7) is 7.97. The maximum Gasteiger partial charge on any atom is 0.315 e. The second kappa shape index (κ2) is 7.11. The number of hydrogen-bond acceptors (Lipinski definition) is 3. The van der Waals surface area contributed by atoms with Gasteiger partial charge in [-0.3, -0.25) is 4.79 Å². The Kier molecular flexibility index (Phi) is 6.57. The Morgan fingerprint density at radius 3 is 2.41 bits per heavy atom. The van der Waals surface area contributed by atoms with Gasteiger partial charge in [0.25, 0.3) is 0 Å². The molecule has 0 saturated carbocycles. The first-order valence-corrected chi connectivity index (χ1v) is 5.62. The number of ether oxygens (including phenoxy) is 1. The summed E-state index contributed by atoms with van der Waals surface area (Å²) in [7, 11) is 0. The van der Waals surface area contributed by atoms with Crippen molar-refractivity contribution in [3.05, 3.63) is 0 Å². The van der Waals surface area contributed by atoms with Gasteiger partial charge in [0, 0.05) is 12.1 Å². The Hall–Kier alpha value is -1.30. The number of aliphatic carboxylic acids is 1. The summed E-state index contributed by atoms with van der Waals surface area (Å²) < 4.78 is 5.25. The van der Waals surface area contributed by atoms with Crippen molar-refractivity contribution < 1.29 is 19.4 Å². The maximum absolute atomic E-state index is 11.4. The molecule has 0 radical (unpaired) electrons. The molecular weight excluding hydrogens is 224 g/mol. The Bertz CT molecular complexity index is 264. The molecule has 2 amide bonds. The van der Waals surface area contributed by atoms with Crippen molar-refractivity contribution in [3.63, 3.8) is 0 Å². The zero-order valence-electron chi connectivity index (χ0n) is 10.9. The van der Waals surface area contributed by atoms with Gasteiger partial charge in [-0.05, 0) is 27.7 Å². The summed E-state index contributed by atoms with van der Waals surface area (Å²) >= 11 is 0. The summed E-state index contributed by atoms with van der Waals surface area (Å²) in [4.78, 5) is 22.0. The predicted molar refractivity (Wildman–Crippen MR) is 64.0 cm³/mol. The van der Waals surface area contributed by atoms with Crippen LogP contribution in [0.5, 0.6) is 0 Å². The van der Waals surface area contributed by atoms with E-state index in [0.717, 1.165) is 0 Å². The molecule has 0 bridgehead atoms. The molecule has 0 aliphatic carbocycles. The Morgan fingerprint density at radius 2 is 1.94 bits per heavy atom. The maximum atomic E-state index is 11.4. The largest absolute Gasteiger partial charge is 0.481 e. The molecule has 0 aliphatic rings. The molecule has 0 spiro atoms. The lowest BCUT2D eigenvalue weighted by Gasteiger charge is -2.24. The summed E-state index contributed by atoms with van der Waals surface area (Å²) in [5.41, 5.74) is -0.769. The molecule has 0 atom stereocenters. The molecule has 17 heavy (non-hydrogen) atoms. The second-order valence-corrected chi connectivity index (χ2v) is 4.75. The van der Waals surface area contributed by atoms with Gasteiger partial charge in [0.15, 0.2) is 0 Å². The summed E-state index contributed by atoms with van der Waals surface area (Å²) in [6.07, 6.45) is 0.00596. The minimum Gasteiger partial charge on any atom is -0.481 e. The SMILES string of the molecule is CC(C)OCCNC(=O)NC(C)(C)CC(=O)O. The van der Waals surface area contributed by atoms with Crippen LogP contribution in [0.2, 0.25) is 0 Å². The lowest BCUT2D eigenvalue weighted by atomic mass is 10.0. The Labute approximate surface area is 102 Å². The lowest BCUT2D eigenvalue weighted by Crippen LogP contribution is -2.50. The number of rotatable bonds is 7. The van der Waals surface area contributed by atoms with Crippen molar-refractivity contribution >= 4 is 12.0 Å². The molecule has 0 aromatic heterocycles. The molecule has 100 valence electrons. The standard InChI is InChI=1S/C11H22N2O4/c1-8(2)17-6-5-12-10(16)13-11(3,4)7-9(14)15/h8H,5-7H2,1-4H3,(H,14,15)(H2,12,13,16). The number of hydrogen-bond donors (Lipinski definition) is 3. The molecule has 0 aliphatic heterocycles. The number of carboxylic acid groups (broad SMARTS) is 1. The van der Waals surface area contributed by atoms with E-state index in [-0.39, 0.29) is 18.6 Å². The summed E-state index contributed by atoms with van der Waals surface area (Å²) in [5.74, 6) is -0.946. The fourth-order valence-corrected chi connectivity index (χ4v) is 1.23. The monoisotopic (exact) mass is 246 g/mol. The lowest BCUT2D eigenvalue weighted by molar-refractivity contribution is -0.138. The van der Waals surface area contributed by atoms with Gasteiger partial charge in [-0.25, -0.2) is 4.79 Å². The van der Waals surface area contributed by atoms with Gasteiger partial charge in [0.05, 0.1) is 19.1 Å². The van der Waals surface area contributed by atoms with Gasteiger partial charge in [-0.2, -0.15) is 0 Å². The molecule has 0 heterocycles. The van der Waals surface area contributed by atoms with E-state index in [1.807, 2.05) is 13.8 Å². The quantitative estimate of drug-likeness (QED) is 0.584. The first-order valence-electron chi connectivity index (χ1n) is 5.62. The number of carbonyl (C=O) groups excluding carboxylic acids is 1. The highest BCUT2D eigenvalue weighted by atomic mass is 16.5. The zero-order chi connectivity index (χ0) is 13.5. The van der Waals surface area contributed by atoms with Gasteiger partial charge in [-0.15, -0.1) is 0 Å². The predicted octanol–water partition coefficient (Wildman–Crippen LogP) is 0.964. The fourth-order valence-electron chi connectivity index (χ4n) is 1.23. The van der Waals surface area contributed by atoms with E-state index in [0.29, 0.717) is 13.2 Å². The van der Waals surface area contributed by atoms with Crippen LogP contribution >= 0.6 is 0 Å². The third-order valence-electron chi connectivity index (χ3n) is 1.88. The summed E-state index contributed by atoms with van der Waals surface area (Å²) in [5, 5.41) is 13.8. The number of carbonyl (C=O) groups is 2. The first kappa shape index (κ1) is 15.7. The van der Waals surface area contributed by atoms with Crippen LogP contribution in [0.15, 0.2) is 0 Å². The normalized spacial score (nSPS) is 11.4. The van der Waals surface area contributed by atoms with Crippen LogP contribution in [-0.2, 0) is 9.53 Å².